The number of esters is 1. The van der Waals surface area contributed by atoms with Gasteiger partial charge in [0, 0.05) is 12.1 Å². The normalized spacial score (nSPS) is 16.3. The molecule has 1 aromatic rings. The molecule has 2 rings (SSSR count). The summed E-state index contributed by atoms with van der Waals surface area (Å²) in [4.78, 5) is 24.1. The highest BCUT2D eigenvalue weighted by Gasteiger charge is 2.35. The molecule has 126 valence electrons. The van der Waals surface area contributed by atoms with Gasteiger partial charge in [0.15, 0.2) is 0 Å². The monoisotopic (exact) mass is 338 g/mol. The minimum atomic E-state index is -0.249. The van der Waals surface area contributed by atoms with Gasteiger partial charge < -0.3 is 10.5 Å². The van der Waals surface area contributed by atoms with Crippen LogP contribution < -0.4 is 10.7 Å². The molecule has 0 aromatic carbocycles. The number of hydrogen-bond acceptors (Lipinski definition) is 9. The van der Waals surface area contributed by atoms with Crippen LogP contribution in [-0.4, -0.2) is 44.5 Å². The van der Waals surface area contributed by atoms with Gasteiger partial charge in [-0.1, -0.05) is 0 Å². The Kier molecular flexibility index (Phi) is 5.40. The topological polar surface area (TPSA) is 107 Å². The molecule has 2 N–H and O–H groups in total. The fourth-order valence-corrected chi connectivity index (χ4v) is 3.03. The SMILES string of the molecule is CCOC(=O)CSCc1nc(N)nc(N2N=C(C)CC2(C)C)n1. The maximum absolute atomic E-state index is 11.4. The molecule has 0 radical (unpaired) electrons. The molecule has 0 saturated heterocycles. The summed E-state index contributed by atoms with van der Waals surface area (Å²) in [5.74, 6) is 1.57. The van der Waals surface area contributed by atoms with Crippen molar-refractivity contribution in [1.29, 1.82) is 0 Å². The molecule has 8 nitrogen and oxygen atoms in total. The van der Waals surface area contributed by atoms with Crippen LogP contribution in [0.4, 0.5) is 11.9 Å². The van der Waals surface area contributed by atoms with E-state index in [0.717, 1.165) is 12.1 Å². The maximum Gasteiger partial charge on any atom is 0.315 e. The molecule has 23 heavy (non-hydrogen) atoms. The second kappa shape index (κ2) is 7.12. The number of anilines is 2. The molecule has 0 saturated carbocycles. The Morgan fingerprint density at radius 3 is 2.74 bits per heavy atom. The lowest BCUT2D eigenvalue weighted by atomic mass is 9.99. The Balaban J connectivity index is 2.09. The molecule has 1 aliphatic heterocycles. The van der Waals surface area contributed by atoms with Gasteiger partial charge in [0.1, 0.15) is 5.82 Å². The molecule has 1 aromatic heterocycles. The summed E-state index contributed by atoms with van der Waals surface area (Å²) < 4.78 is 4.88. The number of nitrogens with two attached hydrogens (primary N) is 1. The smallest absolute Gasteiger partial charge is 0.315 e. The Bertz CT molecular complexity index is 619. The molecular formula is C14H22N6O2S. The maximum atomic E-state index is 11.4. The Morgan fingerprint density at radius 2 is 2.13 bits per heavy atom. The highest BCUT2D eigenvalue weighted by molar-refractivity contribution is 7.99. The highest BCUT2D eigenvalue weighted by Crippen LogP contribution is 2.30. The van der Waals surface area contributed by atoms with Crippen molar-refractivity contribution in [3.63, 3.8) is 0 Å². The fourth-order valence-electron chi connectivity index (χ4n) is 2.37. The molecule has 0 aliphatic carbocycles. The first-order valence-corrected chi connectivity index (χ1v) is 8.55. The largest absolute Gasteiger partial charge is 0.465 e. The zero-order valence-electron chi connectivity index (χ0n) is 13.9. The van der Waals surface area contributed by atoms with Crippen LogP contribution in [0.3, 0.4) is 0 Å². The number of nitrogen functional groups attached to an aromatic ring is 1. The van der Waals surface area contributed by atoms with E-state index in [2.05, 4.69) is 33.9 Å². The highest BCUT2D eigenvalue weighted by atomic mass is 32.2. The van der Waals surface area contributed by atoms with Gasteiger partial charge in [-0.05, 0) is 27.7 Å². The molecule has 0 spiro atoms. The third-order valence-corrected chi connectivity index (χ3v) is 4.07. The van der Waals surface area contributed by atoms with Crippen LogP contribution >= 0.6 is 11.8 Å². The number of rotatable bonds is 6. The van der Waals surface area contributed by atoms with E-state index in [1.165, 1.54) is 11.8 Å². The van der Waals surface area contributed by atoms with Crippen LogP contribution in [0.2, 0.25) is 0 Å². The molecular weight excluding hydrogens is 316 g/mol. The van der Waals surface area contributed by atoms with Crippen molar-refractivity contribution >= 4 is 35.3 Å². The average molecular weight is 338 g/mol. The molecule has 9 heteroatoms. The van der Waals surface area contributed by atoms with E-state index in [9.17, 15) is 4.79 Å². The molecule has 0 unspecified atom stereocenters. The summed E-state index contributed by atoms with van der Waals surface area (Å²) in [7, 11) is 0. The third-order valence-electron chi connectivity index (χ3n) is 3.17. The summed E-state index contributed by atoms with van der Waals surface area (Å²) in [6.45, 7) is 8.28. The Morgan fingerprint density at radius 1 is 1.39 bits per heavy atom. The van der Waals surface area contributed by atoms with Gasteiger partial charge in [0.2, 0.25) is 5.95 Å². The number of ether oxygens (including phenoxy) is 1. The van der Waals surface area contributed by atoms with E-state index in [4.69, 9.17) is 10.5 Å². The second-order valence-corrected chi connectivity index (χ2v) is 6.83. The molecule has 0 amide bonds. The van der Waals surface area contributed by atoms with Gasteiger partial charge in [-0.2, -0.15) is 20.1 Å². The van der Waals surface area contributed by atoms with Crippen molar-refractivity contribution in [2.75, 3.05) is 23.1 Å². The van der Waals surface area contributed by atoms with E-state index in [1.54, 1.807) is 11.9 Å². The molecule has 0 atom stereocenters. The van der Waals surface area contributed by atoms with Crippen molar-refractivity contribution in [2.24, 2.45) is 5.10 Å². The van der Waals surface area contributed by atoms with E-state index in [0.29, 0.717) is 24.1 Å². The molecule has 0 fully saturated rings. The molecule has 2 heterocycles. The summed E-state index contributed by atoms with van der Waals surface area (Å²) >= 11 is 1.38. The predicted molar refractivity (Wildman–Crippen MR) is 91.3 cm³/mol. The second-order valence-electron chi connectivity index (χ2n) is 5.84. The summed E-state index contributed by atoms with van der Waals surface area (Å²) in [5.41, 5.74) is 6.61. The first-order chi connectivity index (χ1) is 10.8. The summed E-state index contributed by atoms with van der Waals surface area (Å²) in [6.07, 6.45) is 0.839. The van der Waals surface area contributed by atoms with Crippen LogP contribution in [0.25, 0.3) is 0 Å². The third kappa shape index (κ3) is 4.54. The first kappa shape index (κ1) is 17.5. The summed E-state index contributed by atoms with van der Waals surface area (Å²) in [6, 6.07) is 0. The average Bonchev–Trinajstić information content (AvgIpc) is 2.71. The van der Waals surface area contributed by atoms with Gasteiger partial charge in [0.05, 0.1) is 23.7 Å². The number of hydrogen-bond donors (Lipinski definition) is 1. The predicted octanol–water partition coefficient (Wildman–Crippen LogP) is 1.61. The van der Waals surface area contributed by atoms with Gasteiger partial charge in [0.25, 0.3) is 5.95 Å². The molecule has 0 bridgehead atoms. The summed E-state index contributed by atoms with van der Waals surface area (Å²) in [5, 5.41) is 6.26. The minimum absolute atomic E-state index is 0.150. The van der Waals surface area contributed by atoms with Gasteiger partial charge in [-0.3, -0.25) is 4.79 Å². The van der Waals surface area contributed by atoms with Crippen molar-refractivity contribution in [3.8, 4) is 0 Å². The standard InChI is InChI=1S/C14H22N6O2S/c1-5-22-11(21)8-23-7-10-16-12(15)18-13(17-10)20-14(3,4)6-9(2)19-20/h5-8H2,1-4H3,(H2,15,16,17,18). The number of hydrazone groups is 1. The number of nitrogens with zero attached hydrogens (tertiary/aromatic N) is 5. The number of aromatic nitrogens is 3. The zero-order valence-corrected chi connectivity index (χ0v) is 14.7. The zero-order chi connectivity index (χ0) is 17.0. The lowest BCUT2D eigenvalue weighted by molar-refractivity contribution is -0.139. The van der Waals surface area contributed by atoms with Crippen LogP contribution in [-0.2, 0) is 15.3 Å². The van der Waals surface area contributed by atoms with Gasteiger partial charge in [-0.15, -0.1) is 11.8 Å². The minimum Gasteiger partial charge on any atom is -0.465 e. The van der Waals surface area contributed by atoms with E-state index in [-0.39, 0.29) is 23.2 Å². The number of carbonyl (C=O) groups excluding carboxylic acids is 1. The van der Waals surface area contributed by atoms with Crippen molar-refractivity contribution in [2.45, 2.75) is 45.4 Å². The van der Waals surface area contributed by atoms with Crippen LogP contribution in [0.1, 0.15) is 39.9 Å². The van der Waals surface area contributed by atoms with Crippen molar-refractivity contribution < 1.29 is 9.53 Å². The first-order valence-electron chi connectivity index (χ1n) is 7.40. The van der Waals surface area contributed by atoms with Crippen LogP contribution in [0, 0.1) is 0 Å². The Hall–Kier alpha value is -1.90. The van der Waals surface area contributed by atoms with Gasteiger partial charge in [-0.25, -0.2) is 5.01 Å². The lowest BCUT2D eigenvalue weighted by Crippen LogP contribution is -2.37. The van der Waals surface area contributed by atoms with E-state index >= 15 is 0 Å². The quantitative estimate of drug-likeness (QED) is 0.780. The Labute approximate surface area is 139 Å². The van der Waals surface area contributed by atoms with Crippen LogP contribution in [0.5, 0.6) is 0 Å². The van der Waals surface area contributed by atoms with E-state index in [1.807, 2.05) is 6.92 Å². The van der Waals surface area contributed by atoms with Gasteiger partial charge >= 0.3 is 5.97 Å². The number of thioether (sulfide) groups is 1. The fraction of sp³-hybridized carbons (Fsp3) is 0.643. The van der Waals surface area contributed by atoms with Crippen molar-refractivity contribution in [1.82, 2.24) is 15.0 Å². The lowest BCUT2D eigenvalue weighted by Gasteiger charge is -2.28. The molecule has 1 aliphatic rings. The van der Waals surface area contributed by atoms with Crippen LogP contribution in [0.15, 0.2) is 5.10 Å². The van der Waals surface area contributed by atoms with Crippen molar-refractivity contribution in [3.05, 3.63) is 5.82 Å². The van der Waals surface area contributed by atoms with E-state index < -0.39 is 0 Å². The number of carbonyl (C=O) groups is 1.